The van der Waals surface area contributed by atoms with Gasteiger partial charge in [-0.2, -0.15) is 0 Å². The molecule has 6 heteroatoms. The van der Waals surface area contributed by atoms with E-state index < -0.39 is 16.1 Å². The number of hydrogen-bond acceptors (Lipinski definition) is 3. The van der Waals surface area contributed by atoms with E-state index in [2.05, 4.69) is 20.7 Å². The maximum Gasteiger partial charge on any atom is 0.240 e. The van der Waals surface area contributed by atoms with Crippen LogP contribution in [0.3, 0.4) is 0 Å². The molecule has 0 bridgehead atoms. The lowest BCUT2D eigenvalue weighted by Gasteiger charge is -2.22. The van der Waals surface area contributed by atoms with E-state index in [-0.39, 0.29) is 17.4 Å². The highest BCUT2D eigenvalue weighted by atomic mass is 79.9. The minimum absolute atomic E-state index is 0.0805. The maximum atomic E-state index is 12.1. The largest absolute Gasteiger partial charge is 0.395 e. The van der Waals surface area contributed by atoms with Gasteiger partial charge in [-0.05, 0) is 24.1 Å². The van der Waals surface area contributed by atoms with Crippen LogP contribution in [0.25, 0.3) is 0 Å². The first-order valence-corrected chi connectivity index (χ1v) is 8.07. The number of hydrogen-bond donors (Lipinski definition) is 2. The summed E-state index contributed by atoms with van der Waals surface area (Å²) in [4.78, 5) is 0.193. The van der Waals surface area contributed by atoms with Gasteiger partial charge >= 0.3 is 0 Å². The molecular weight excluding hydrogens is 318 g/mol. The Morgan fingerprint density at radius 2 is 2.11 bits per heavy atom. The van der Waals surface area contributed by atoms with Crippen molar-refractivity contribution in [3.8, 4) is 0 Å². The van der Waals surface area contributed by atoms with E-state index in [0.29, 0.717) is 4.47 Å². The molecule has 0 amide bonds. The third-order valence-corrected chi connectivity index (χ3v) is 4.92. The monoisotopic (exact) mass is 335 g/mol. The molecule has 0 unspecified atom stereocenters. The summed E-state index contributed by atoms with van der Waals surface area (Å²) in [6.45, 7) is 3.66. The van der Waals surface area contributed by atoms with Crippen molar-refractivity contribution in [1.29, 1.82) is 0 Å². The van der Waals surface area contributed by atoms with Crippen LogP contribution in [0.5, 0.6) is 0 Å². The topological polar surface area (TPSA) is 66.4 Å². The van der Waals surface area contributed by atoms with Crippen LogP contribution in [0.1, 0.15) is 20.3 Å². The summed E-state index contributed by atoms with van der Waals surface area (Å²) in [6, 6.07) is 6.03. The zero-order valence-corrected chi connectivity index (χ0v) is 12.8. The van der Waals surface area contributed by atoms with Gasteiger partial charge in [0.2, 0.25) is 10.0 Å². The second-order valence-corrected chi connectivity index (χ2v) is 6.88. The van der Waals surface area contributed by atoms with Crippen molar-refractivity contribution in [3.05, 3.63) is 28.7 Å². The predicted octanol–water partition coefficient (Wildman–Crippen LogP) is 2.13. The lowest BCUT2D eigenvalue weighted by molar-refractivity contribution is 0.219. The van der Waals surface area contributed by atoms with E-state index >= 15 is 0 Å². The average Bonchev–Trinajstić information content (AvgIpc) is 2.35. The third-order valence-electron chi connectivity index (χ3n) is 2.94. The van der Waals surface area contributed by atoms with Crippen molar-refractivity contribution in [2.75, 3.05) is 6.61 Å². The molecule has 0 aliphatic rings. The highest BCUT2D eigenvalue weighted by molar-refractivity contribution is 9.10. The fraction of sp³-hybridized carbons (Fsp3) is 0.500. The van der Waals surface area contributed by atoms with E-state index in [9.17, 15) is 13.5 Å². The van der Waals surface area contributed by atoms with Gasteiger partial charge in [0, 0.05) is 10.5 Å². The van der Waals surface area contributed by atoms with Crippen molar-refractivity contribution >= 4 is 26.0 Å². The van der Waals surface area contributed by atoms with Gasteiger partial charge in [-0.1, -0.05) is 42.3 Å². The van der Waals surface area contributed by atoms with Crippen LogP contribution < -0.4 is 4.72 Å². The molecular formula is C12H18BrNO3S. The van der Waals surface area contributed by atoms with Crippen molar-refractivity contribution in [1.82, 2.24) is 4.72 Å². The average molecular weight is 336 g/mol. The van der Waals surface area contributed by atoms with Gasteiger partial charge in [0.25, 0.3) is 0 Å². The maximum absolute atomic E-state index is 12.1. The van der Waals surface area contributed by atoms with Gasteiger partial charge in [0.1, 0.15) is 0 Å². The van der Waals surface area contributed by atoms with Gasteiger partial charge in [0.05, 0.1) is 11.5 Å². The number of halogens is 1. The standard InChI is InChI=1S/C12H18BrNO3S/c1-3-9(2)12(8-15)14-18(16,17)11-6-4-5-10(13)7-11/h4-7,9,12,14-15H,3,8H2,1-2H3/t9-,12+/m0/s1. The Kier molecular flexibility index (Phi) is 5.78. The summed E-state index contributed by atoms with van der Waals surface area (Å²) >= 11 is 3.24. The van der Waals surface area contributed by atoms with E-state index in [0.717, 1.165) is 6.42 Å². The van der Waals surface area contributed by atoms with Crippen LogP contribution in [-0.4, -0.2) is 26.2 Å². The molecule has 18 heavy (non-hydrogen) atoms. The lowest BCUT2D eigenvalue weighted by atomic mass is 10.0. The summed E-state index contributed by atoms with van der Waals surface area (Å²) in [5.41, 5.74) is 0. The molecule has 0 spiro atoms. The second kappa shape index (κ2) is 6.65. The predicted molar refractivity (Wildman–Crippen MR) is 74.8 cm³/mol. The first kappa shape index (κ1) is 15.6. The highest BCUT2D eigenvalue weighted by Crippen LogP contribution is 2.17. The van der Waals surface area contributed by atoms with Crippen LogP contribution in [0.2, 0.25) is 0 Å². The lowest BCUT2D eigenvalue weighted by Crippen LogP contribution is -2.41. The van der Waals surface area contributed by atoms with E-state index in [4.69, 9.17) is 0 Å². The van der Waals surface area contributed by atoms with E-state index in [1.807, 2.05) is 13.8 Å². The molecule has 0 saturated carbocycles. The van der Waals surface area contributed by atoms with Crippen LogP contribution in [0, 0.1) is 5.92 Å². The summed E-state index contributed by atoms with van der Waals surface area (Å²) in [6.07, 6.45) is 0.798. The summed E-state index contributed by atoms with van der Waals surface area (Å²) in [5.74, 6) is 0.0805. The van der Waals surface area contributed by atoms with Crippen molar-refractivity contribution < 1.29 is 13.5 Å². The van der Waals surface area contributed by atoms with E-state index in [1.165, 1.54) is 12.1 Å². The van der Waals surface area contributed by atoms with Crippen molar-refractivity contribution in [3.63, 3.8) is 0 Å². The molecule has 1 aromatic rings. The highest BCUT2D eigenvalue weighted by Gasteiger charge is 2.23. The fourth-order valence-electron chi connectivity index (χ4n) is 1.52. The zero-order chi connectivity index (χ0) is 13.8. The van der Waals surface area contributed by atoms with Gasteiger partial charge in [0.15, 0.2) is 0 Å². The van der Waals surface area contributed by atoms with Crippen LogP contribution in [-0.2, 0) is 10.0 Å². The molecule has 2 N–H and O–H groups in total. The number of benzene rings is 1. The van der Waals surface area contributed by atoms with Crippen LogP contribution in [0.4, 0.5) is 0 Å². The number of rotatable bonds is 6. The molecule has 1 aromatic carbocycles. The van der Waals surface area contributed by atoms with Crippen molar-refractivity contribution in [2.24, 2.45) is 5.92 Å². The molecule has 0 aliphatic carbocycles. The normalized spacial score (nSPS) is 15.3. The molecule has 4 nitrogen and oxygen atoms in total. The van der Waals surface area contributed by atoms with Gasteiger partial charge in [-0.3, -0.25) is 0 Å². The molecule has 0 fully saturated rings. The van der Waals surface area contributed by atoms with E-state index in [1.54, 1.807) is 12.1 Å². The SMILES string of the molecule is CC[C@H](C)[C@@H](CO)NS(=O)(=O)c1cccc(Br)c1. The van der Waals surface area contributed by atoms with Gasteiger partial charge in [-0.15, -0.1) is 0 Å². The Balaban J connectivity index is 2.94. The quantitative estimate of drug-likeness (QED) is 0.836. The smallest absolute Gasteiger partial charge is 0.240 e. The minimum atomic E-state index is -3.59. The number of sulfonamides is 1. The Morgan fingerprint density at radius 3 is 2.61 bits per heavy atom. The minimum Gasteiger partial charge on any atom is -0.395 e. The van der Waals surface area contributed by atoms with Crippen molar-refractivity contribution in [2.45, 2.75) is 31.2 Å². The molecule has 0 aliphatic heterocycles. The van der Waals surface area contributed by atoms with Gasteiger partial charge in [-0.25, -0.2) is 13.1 Å². The molecule has 102 valence electrons. The fourth-order valence-corrected chi connectivity index (χ4v) is 3.45. The number of aliphatic hydroxyl groups is 1. The number of nitrogens with one attached hydrogen (secondary N) is 1. The number of aliphatic hydroxyl groups excluding tert-OH is 1. The third kappa shape index (κ3) is 4.05. The molecule has 0 heterocycles. The molecule has 1 rings (SSSR count). The first-order valence-electron chi connectivity index (χ1n) is 5.79. The molecule has 0 saturated heterocycles. The summed E-state index contributed by atoms with van der Waals surface area (Å²) < 4.78 is 27.5. The summed E-state index contributed by atoms with van der Waals surface area (Å²) in [7, 11) is -3.59. The Bertz CT molecular complexity index is 490. The molecule has 2 atom stereocenters. The summed E-state index contributed by atoms with van der Waals surface area (Å²) in [5, 5.41) is 9.26. The molecule has 0 radical (unpaired) electrons. The Labute approximate surface area is 117 Å². The zero-order valence-electron chi connectivity index (χ0n) is 10.4. The molecule has 0 aromatic heterocycles. The second-order valence-electron chi connectivity index (χ2n) is 4.25. The van der Waals surface area contributed by atoms with Crippen LogP contribution in [0.15, 0.2) is 33.6 Å². The Morgan fingerprint density at radius 1 is 1.44 bits per heavy atom. The Hall–Kier alpha value is -0.430. The first-order chi connectivity index (χ1) is 8.40. The van der Waals surface area contributed by atoms with Crippen LogP contribution >= 0.6 is 15.9 Å². The van der Waals surface area contributed by atoms with Gasteiger partial charge < -0.3 is 5.11 Å².